The third-order valence-corrected chi connectivity index (χ3v) is 0.967. The second-order valence-corrected chi connectivity index (χ2v) is 2.09. The Morgan fingerprint density at radius 1 is 1.12 bits per heavy atom. The van der Waals surface area contributed by atoms with Crippen molar-refractivity contribution in [2.75, 3.05) is 0 Å². The van der Waals surface area contributed by atoms with Crippen LogP contribution in [0.2, 0.25) is 0 Å². The van der Waals surface area contributed by atoms with E-state index >= 15 is 0 Å². The van der Waals surface area contributed by atoms with E-state index in [-0.39, 0.29) is 36.7 Å². The van der Waals surface area contributed by atoms with Crippen LogP contribution in [0.5, 0.6) is 0 Å². The van der Waals surface area contributed by atoms with Crippen LogP contribution in [0.3, 0.4) is 0 Å². The van der Waals surface area contributed by atoms with Crippen molar-refractivity contribution in [3.05, 3.63) is 40.4 Å². The molecule has 0 N–H and O–H groups in total. The van der Waals surface area contributed by atoms with E-state index in [9.17, 15) is 27.4 Å². The van der Waals surface area contributed by atoms with Gasteiger partial charge in [0.2, 0.25) is 0 Å². The molecule has 5 nitrogen and oxygen atoms in total. The van der Waals surface area contributed by atoms with E-state index in [0.29, 0.717) is 0 Å². The third kappa shape index (κ3) is 20.8. The van der Waals surface area contributed by atoms with Gasteiger partial charge in [0.25, 0.3) is 5.69 Å². The van der Waals surface area contributed by atoms with Crippen LogP contribution in [-0.2, 0) is 0 Å². The molecular formula is C6H6BF4N3NaO2-. The van der Waals surface area contributed by atoms with Gasteiger partial charge in [0, 0.05) is 22.9 Å². The summed E-state index contributed by atoms with van der Waals surface area (Å²) < 4.78 is 39.0. The number of halogens is 4. The quantitative estimate of drug-likeness (QED) is 0.235. The van der Waals surface area contributed by atoms with Crippen molar-refractivity contribution in [3.8, 4) is 0 Å². The van der Waals surface area contributed by atoms with Gasteiger partial charge in [-0.15, -0.1) is 0 Å². The average Bonchev–Trinajstić information content (AvgIpc) is 2.20. The second kappa shape index (κ2) is 11.3. The fraction of sp³-hybridized carbons (Fsp3) is 0. The molecule has 0 radical (unpaired) electrons. The van der Waals surface area contributed by atoms with Crippen LogP contribution in [-0.4, -0.2) is 12.2 Å². The smallest absolute Gasteiger partial charge is 1.00 e. The zero-order valence-corrected chi connectivity index (χ0v) is 10.6. The summed E-state index contributed by atoms with van der Waals surface area (Å²) in [4.78, 5) is 9.59. The largest absolute Gasteiger partial charge is 1.00 e. The third-order valence-electron chi connectivity index (χ3n) is 0.967. The van der Waals surface area contributed by atoms with E-state index in [2.05, 4.69) is 0 Å². The Bertz CT molecular complexity index is 335. The van der Waals surface area contributed by atoms with Crippen molar-refractivity contribution < 1.29 is 53.2 Å². The van der Waals surface area contributed by atoms with E-state index in [0.717, 1.165) is 0 Å². The van der Waals surface area contributed by atoms with Gasteiger partial charge in [-0.25, -0.2) is 0 Å². The molecule has 0 amide bonds. The zero-order valence-electron chi connectivity index (χ0n) is 9.63. The molecule has 0 aliphatic rings. The molecule has 0 bridgehead atoms. The van der Waals surface area contributed by atoms with Crippen molar-refractivity contribution >= 4 is 12.9 Å². The van der Waals surface area contributed by atoms with Crippen molar-refractivity contribution in [2.24, 2.45) is 0 Å². The molecule has 0 saturated carbocycles. The summed E-state index contributed by atoms with van der Waals surface area (Å²) in [6.45, 7) is 0. The van der Waals surface area contributed by atoms with Gasteiger partial charge in [-0.2, -0.15) is 0 Å². The van der Waals surface area contributed by atoms with Crippen molar-refractivity contribution in [1.29, 1.82) is 10.8 Å². The van der Waals surface area contributed by atoms with E-state index in [1.807, 2.05) is 0 Å². The van der Waals surface area contributed by atoms with Crippen LogP contribution < -0.4 is 29.6 Å². The minimum atomic E-state index is -6.00. The van der Waals surface area contributed by atoms with Gasteiger partial charge in [-0.3, -0.25) is 10.1 Å². The molecule has 1 aromatic carbocycles. The Balaban J connectivity index is -0.0000000959. The molecule has 0 unspecified atom stereocenters. The number of hydrogen-bond acceptors (Lipinski definition) is 4. The van der Waals surface area contributed by atoms with Gasteiger partial charge in [0.15, 0.2) is 0 Å². The SMILES string of the molecule is F[B-](F)(F)F.N#N.O=[N+]([O-])c1ccccc1.[H-].[Na+]. The van der Waals surface area contributed by atoms with Gasteiger partial charge in [-0.05, 0) is 0 Å². The van der Waals surface area contributed by atoms with E-state index in [4.69, 9.17) is 10.8 Å². The summed E-state index contributed by atoms with van der Waals surface area (Å²) in [5, 5.41) is 22.0. The van der Waals surface area contributed by atoms with Crippen LogP contribution in [0, 0.1) is 20.9 Å². The molecule has 17 heavy (non-hydrogen) atoms. The number of non-ortho nitro benzene ring substituents is 1. The number of para-hydroxylation sites is 1. The maximum Gasteiger partial charge on any atom is 1.00 e. The predicted octanol–water partition coefficient (Wildman–Crippen LogP) is 0.0415. The summed E-state index contributed by atoms with van der Waals surface area (Å²) >= 11 is 0. The summed E-state index contributed by atoms with van der Waals surface area (Å²) in [7, 11) is -6.00. The summed E-state index contributed by atoms with van der Waals surface area (Å²) in [6, 6.07) is 7.93. The normalized spacial score (nSPS) is 8.35. The molecule has 0 heterocycles. The molecule has 0 aliphatic carbocycles. The Kier molecular flexibility index (Phi) is 14.1. The first kappa shape index (κ1) is 21.1. The first-order chi connectivity index (χ1) is 7.30. The molecule has 0 aliphatic heterocycles. The number of nitrogens with zero attached hydrogens (tertiary/aromatic N) is 3. The van der Waals surface area contributed by atoms with Crippen LogP contribution in [0.15, 0.2) is 30.3 Å². The first-order valence-electron chi connectivity index (χ1n) is 3.57. The van der Waals surface area contributed by atoms with Crippen molar-refractivity contribution in [2.45, 2.75) is 0 Å². The molecule has 0 atom stereocenters. The molecule has 0 saturated heterocycles. The van der Waals surface area contributed by atoms with Crippen LogP contribution in [0.1, 0.15) is 1.43 Å². The predicted molar refractivity (Wildman–Crippen MR) is 47.8 cm³/mol. The summed E-state index contributed by atoms with van der Waals surface area (Å²) in [6.07, 6.45) is 0. The van der Waals surface area contributed by atoms with Crippen molar-refractivity contribution in [3.63, 3.8) is 0 Å². The minimum Gasteiger partial charge on any atom is -1.00 e. The molecule has 0 spiro atoms. The summed E-state index contributed by atoms with van der Waals surface area (Å²) in [5.74, 6) is 0. The van der Waals surface area contributed by atoms with Gasteiger partial charge >= 0.3 is 36.8 Å². The van der Waals surface area contributed by atoms with E-state index < -0.39 is 12.2 Å². The number of nitro groups is 1. The molecule has 0 aromatic heterocycles. The van der Waals surface area contributed by atoms with Crippen molar-refractivity contribution in [1.82, 2.24) is 0 Å². The molecule has 0 fully saturated rings. The molecule has 1 rings (SSSR count). The zero-order chi connectivity index (χ0) is 13.2. The molecule has 90 valence electrons. The first-order valence-corrected chi connectivity index (χ1v) is 3.57. The van der Waals surface area contributed by atoms with Gasteiger partial charge in [0.1, 0.15) is 0 Å². The summed E-state index contributed by atoms with van der Waals surface area (Å²) in [5.41, 5.74) is 0.137. The number of nitro benzene ring substituents is 1. The average molecular weight is 262 g/mol. The van der Waals surface area contributed by atoms with Crippen LogP contribution >= 0.6 is 0 Å². The maximum atomic E-state index is 10.0. The fourth-order valence-corrected chi connectivity index (χ4v) is 0.550. The van der Waals surface area contributed by atoms with Crippen LogP contribution in [0.25, 0.3) is 0 Å². The van der Waals surface area contributed by atoms with Gasteiger partial charge in [0.05, 0.1) is 4.92 Å². The molecule has 11 heteroatoms. The molecule has 1 aromatic rings. The number of hydrogen-bond donors (Lipinski definition) is 0. The Morgan fingerprint density at radius 3 is 1.59 bits per heavy atom. The second-order valence-electron chi connectivity index (χ2n) is 2.09. The topological polar surface area (TPSA) is 90.7 Å². The molecular weight excluding hydrogens is 256 g/mol. The fourth-order valence-electron chi connectivity index (χ4n) is 0.550. The Labute approximate surface area is 117 Å². The van der Waals surface area contributed by atoms with E-state index in [1.54, 1.807) is 18.2 Å². The Hall–Kier alpha value is -1.18. The van der Waals surface area contributed by atoms with Gasteiger partial charge in [-0.1, -0.05) is 18.2 Å². The van der Waals surface area contributed by atoms with Crippen LogP contribution in [0.4, 0.5) is 23.0 Å². The monoisotopic (exact) mass is 262 g/mol. The Morgan fingerprint density at radius 2 is 1.41 bits per heavy atom. The number of rotatable bonds is 1. The maximum absolute atomic E-state index is 10.0. The number of benzene rings is 1. The van der Waals surface area contributed by atoms with Gasteiger partial charge < -0.3 is 18.7 Å². The minimum absolute atomic E-state index is 0. The standard InChI is InChI=1S/C6H5NO2.BF4.N2.Na.H/c8-7(9)6-4-2-1-3-5-6;2-1(3,4)5;1-2;;/h1-5H;;;;/q;-1;;+1;-1. The van der Waals surface area contributed by atoms with E-state index in [1.165, 1.54) is 12.1 Å².